The first kappa shape index (κ1) is 12.9. The second kappa shape index (κ2) is 5.28. The zero-order valence-corrected chi connectivity index (χ0v) is 9.89. The van der Waals surface area contributed by atoms with Crippen LogP contribution in [0.15, 0.2) is 0 Å². The molecule has 94 valence electrons. The first-order valence-electron chi connectivity index (χ1n) is 5.02. The number of anilines is 1. The van der Waals surface area contributed by atoms with E-state index in [0.29, 0.717) is 12.1 Å². The minimum absolute atomic E-state index is 0.0982. The Balaban J connectivity index is 3.01. The van der Waals surface area contributed by atoms with Gasteiger partial charge in [-0.3, -0.25) is 14.9 Å². The average molecular weight is 242 g/mol. The van der Waals surface area contributed by atoms with Crippen molar-refractivity contribution in [3.8, 4) is 0 Å². The van der Waals surface area contributed by atoms with Crippen LogP contribution in [0.25, 0.3) is 0 Å². The zero-order chi connectivity index (χ0) is 13.0. The Labute approximate surface area is 97.7 Å². The summed E-state index contributed by atoms with van der Waals surface area (Å²) in [5.74, 6) is -0.296. The molecule has 1 rings (SSSR count). The Morgan fingerprint density at radius 2 is 2.29 bits per heavy atom. The topological polar surface area (TPSA) is 99.3 Å². The Bertz CT molecular complexity index is 440. The first-order valence-corrected chi connectivity index (χ1v) is 5.02. The fourth-order valence-electron chi connectivity index (χ4n) is 1.42. The second-order valence-electron chi connectivity index (χ2n) is 3.31. The third kappa shape index (κ3) is 2.71. The highest BCUT2D eigenvalue weighted by atomic mass is 16.6. The molecule has 17 heavy (non-hydrogen) atoms. The molecule has 1 N–H and O–H groups in total. The number of nitrogens with zero attached hydrogens (tertiary/aromatic N) is 3. The van der Waals surface area contributed by atoms with E-state index in [1.807, 2.05) is 0 Å². The number of aryl methyl sites for hydroxylation is 2. The number of hydrogen-bond donors (Lipinski definition) is 1. The molecule has 8 heteroatoms. The summed E-state index contributed by atoms with van der Waals surface area (Å²) in [6, 6.07) is 0. The van der Waals surface area contributed by atoms with Crippen molar-refractivity contribution in [2.24, 2.45) is 7.05 Å². The minimum atomic E-state index is -0.508. The SMILES string of the molecule is CCc1nn(C)c(NCC(=O)OC)c1[N+](=O)[O-]. The highest BCUT2D eigenvalue weighted by Gasteiger charge is 2.25. The molecule has 1 heterocycles. The van der Waals surface area contributed by atoms with Crippen LogP contribution in [0, 0.1) is 10.1 Å². The molecule has 0 aliphatic heterocycles. The van der Waals surface area contributed by atoms with E-state index in [9.17, 15) is 14.9 Å². The number of aromatic nitrogens is 2. The average Bonchev–Trinajstić information content (AvgIpc) is 2.62. The van der Waals surface area contributed by atoms with E-state index in [2.05, 4.69) is 15.2 Å². The molecule has 1 aromatic heterocycles. The summed E-state index contributed by atoms with van der Waals surface area (Å²) in [6.45, 7) is 1.64. The summed E-state index contributed by atoms with van der Waals surface area (Å²) in [6.07, 6.45) is 0.448. The molecule has 8 nitrogen and oxygen atoms in total. The molecule has 0 saturated heterocycles. The van der Waals surface area contributed by atoms with E-state index < -0.39 is 10.9 Å². The molecular weight excluding hydrogens is 228 g/mol. The fourth-order valence-corrected chi connectivity index (χ4v) is 1.42. The monoisotopic (exact) mass is 242 g/mol. The standard InChI is InChI=1S/C9H14N4O4/c1-4-6-8(13(15)16)9(12(2)11-6)10-5-7(14)17-3/h10H,4-5H2,1-3H3. The van der Waals surface area contributed by atoms with E-state index in [1.165, 1.54) is 11.8 Å². The molecule has 0 amide bonds. The molecule has 0 aliphatic rings. The van der Waals surface area contributed by atoms with Gasteiger partial charge in [-0.25, -0.2) is 4.68 Å². The summed E-state index contributed by atoms with van der Waals surface area (Å²) >= 11 is 0. The van der Waals surface area contributed by atoms with Crippen molar-refractivity contribution in [2.75, 3.05) is 19.0 Å². The predicted octanol–water partition coefficient (Wildman–Crippen LogP) is 0.476. The second-order valence-corrected chi connectivity index (χ2v) is 3.31. The Kier molecular flexibility index (Phi) is 4.02. The molecule has 0 aliphatic carbocycles. The van der Waals surface area contributed by atoms with Crippen LogP contribution in [0.2, 0.25) is 0 Å². The molecule has 0 fully saturated rings. The van der Waals surface area contributed by atoms with Crippen molar-refractivity contribution >= 4 is 17.5 Å². The van der Waals surface area contributed by atoms with Crippen molar-refractivity contribution in [3.63, 3.8) is 0 Å². The smallest absolute Gasteiger partial charge is 0.333 e. The van der Waals surface area contributed by atoms with Gasteiger partial charge in [-0.05, 0) is 6.42 Å². The van der Waals surface area contributed by atoms with Gasteiger partial charge in [-0.1, -0.05) is 6.92 Å². The van der Waals surface area contributed by atoms with E-state index in [0.717, 1.165) is 0 Å². The van der Waals surface area contributed by atoms with E-state index in [-0.39, 0.29) is 18.1 Å². The summed E-state index contributed by atoms with van der Waals surface area (Å²) < 4.78 is 5.79. The molecular formula is C9H14N4O4. The lowest BCUT2D eigenvalue weighted by Gasteiger charge is -2.04. The number of rotatable bonds is 5. The predicted molar refractivity (Wildman–Crippen MR) is 59.7 cm³/mol. The van der Waals surface area contributed by atoms with Gasteiger partial charge < -0.3 is 10.1 Å². The minimum Gasteiger partial charge on any atom is -0.468 e. The van der Waals surface area contributed by atoms with Gasteiger partial charge in [0.25, 0.3) is 0 Å². The zero-order valence-electron chi connectivity index (χ0n) is 9.89. The van der Waals surface area contributed by atoms with Crippen LogP contribution >= 0.6 is 0 Å². The maximum atomic E-state index is 11.0. The number of nitro groups is 1. The molecule has 0 bridgehead atoms. The van der Waals surface area contributed by atoms with Crippen molar-refractivity contribution in [1.29, 1.82) is 0 Å². The number of esters is 1. The number of carbonyl (C=O) groups is 1. The van der Waals surface area contributed by atoms with Gasteiger partial charge in [0.1, 0.15) is 12.2 Å². The largest absolute Gasteiger partial charge is 0.468 e. The molecule has 1 aromatic rings. The van der Waals surface area contributed by atoms with Crippen molar-refractivity contribution < 1.29 is 14.5 Å². The third-order valence-corrected chi connectivity index (χ3v) is 2.24. The van der Waals surface area contributed by atoms with Gasteiger partial charge in [0.05, 0.1) is 12.0 Å². The Morgan fingerprint density at radius 3 is 2.76 bits per heavy atom. The number of methoxy groups -OCH3 is 1. The van der Waals surface area contributed by atoms with Gasteiger partial charge in [0, 0.05) is 7.05 Å². The van der Waals surface area contributed by atoms with Crippen molar-refractivity contribution in [1.82, 2.24) is 9.78 Å². The van der Waals surface area contributed by atoms with Gasteiger partial charge >= 0.3 is 11.7 Å². The van der Waals surface area contributed by atoms with Crippen molar-refractivity contribution in [2.45, 2.75) is 13.3 Å². The molecule has 0 atom stereocenters. The molecule has 0 radical (unpaired) electrons. The number of carbonyl (C=O) groups excluding carboxylic acids is 1. The van der Waals surface area contributed by atoms with E-state index in [1.54, 1.807) is 14.0 Å². The Hall–Kier alpha value is -2.12. The van der Waals surface area contributed by atoms with Crippen LogP contribution in [0.1, 0.15) is 12.6 Å². The number of nitrogens with one attached hydrogen (secondary N) is 1. The lowest BCUT2D eigenvalue weighted by atomic mass is 10.3. The van der Waals surface area contributed by atoms with Gasteiger partial charge in [-0.15, -0.1) is 0 Å². The first-order chi connectivity index (χ1) is 8.01. The van der Waals surface area contributed by atoms with Crippen LogP contribution in [0.4, 0.5) is 11.5 Å². The van der Waals surface area contributed by atoms with Crippen LogP contribution in [-0.2, 0) is 23.0 Å². The van der Waals surface area contributed by atoms with E-state index in [4.69, 9.17) is 0 Å². The number of ether oxygens (including phenoxy) is 1. The fraction of sp³-hybridized carbons (Fsp3) is 0.556. The molecule has 0 saturated carbocycles. The molecule has 0 unspecified atom stereocenters. The summed E-state index contributed by atoms with van der Waals surface area (Å²) in [5, 5.41) is 17.6. The third-order valence-electron chi connectivity index (χ3n) is 2.24. The highest BCUT2D eigenvalue weighted by Crippen LogP contribution is 2.28. The van der Waals surface area contributed by atoms with Crippen LogP contribution < -0.4 is 5.32 Å². The normalized spacial score (nSPS) is 10.1. The Morgan fingerprint density at radius 1 is 1.65 bits per heavy atom. The van der Waals surface area contributed by atoms with Crippen LogP contribution in [-0.4, -0.2) is 34.3 Å². The van der Waals surface area contributed by atoms with Crippen LogP contribution in [0.5, 0.6) is 0 Å². The van der Waals surface area contributed by atoms with Crippen LogP contribution in [0.3, 0.4) is 0 Å². The van der Waals surface area contributed by atoms with Gasteiger partial charge in [0.2, 0.25) is 5.82 Å². The summed E-state index contributed by atoms with van der Waals surface area (Å²) in [5.41, 5.74) is 0.281. The number of hydrogen-bond acceptors (Lipinski definition) is 6. The quantitative estimate of drug-likeness (QED) is 0.458. The van der Waals surface area contributed by atoms with E-state index >= 15 is 0 Å². The molecule has 0 aromatic carbocycles. The maximum Gasteiger partial charge on any atom is 0.333 e. The summed E-state index contributed by atoms with van der Waals surface area (Å²) in [4.78, 5) is 21.4. The summed E-state index contributed by atoms with van der Waals surface area (Å²) in [7, 11) is 2.82. The lowest BCUT2D eigenvalue weighted by Crippen LogP contribution is -2.17. The highest BCUT2D eigenvalue weighted by molar-refractivity contribution is 5.76. The van der Waals surface area contributed by atoms with Gasteiger partial charge in [0.15, 0.2) is 0 Å². The maximum absolute atomic E-state index is 11.0. The van der Waals surface area contributed by atoms with Gasteiger partial charge in [-0.2, -0.15) is 5.10 Å². The van der Waals surface area contributed by atoms with Crippen molar-refractivity contribution in [3.05, 3.63) is 15.8 Å². The lowest BCUT2D eigenvalue weighted by molar-refractivity contribution is -0.384. The molecule has 0 spiro atoms.